The predicted octanol–water partition coefficient (Wildman–Crippen LogP) is 3.65. The summed E-state index contributed by atoms with van der Waals surface area (Å²) in [5, 5.41) is 0. The first kappa shape index (κ1) is 16.1. The third-order valence-corrected chi connectivity index (χ3v) is 1.39. The van der Waals surface area contributed by atoms with Crippen LogP contribution >= 0.6 is 0 Å². The van der Waals surface area contributed by atoms with Crippen LogP contribution in [0.3, 0.4) is 0 Å². The van der Waals surface area contributed by atoms with E-state index in [0.29, 0.717) is 6.61 Å². The van der Waals surface area contributed by atoms with Gasteiger partial charge in [0, 0.05) is 6.92 Å². The summed E-state index contributed by atoms with van der Waals surface area (Å²) in [7, 11) is 0. The fourth-order valence-corrected chi connectivity index (χ4v) is 0.662. The highest BCUT2D eigenvalue weighted by Crippen LogP contribution is 2.00. The summed E-state index contributed by atoms with van der Waals surface area (Å²) < 4.78 is 4.84. The second-order valence-corrected chi connectivity index (χ2v) is 2.82. The predicted molar refractivity (Wildman–Crippen MR) is 65.7 cm³/mol. The van der Waals surface area contributed by atoms with E-state index >= 15 is 0 Å². The van der Waals surface area contributed by atoms with Gasteiger partial charge in [0.1, 0.15) is 6.61 Å². The van der Waals surface area contributed by atoms with Crippen molar-refractivity contribution in [2.75, 3.05) is 6.61 Å². The number of hydrogen-bond donors (Lipinski definition) is 0. The number of esters is 1. The van der Waals surface area contributed by atoms with E-state index in [-0.39, 0.29) is 5.97 Å². The Morgan fingerprint density at radius 2 is 1.80 bits per heavy atom. The molecule has 0 saturated carbocycles. The van der Waals surface area contributed by atoms with Crippen molar-refractivity contribution >= 4 is 5.97 Å². The lowest BCUT2D eigenvalue weighted by atomic mass is 10.2. The first-order valence-corrected chi connectivity index (χ1v) is 5.18. The minimum atomic E-state index is -0.261. The lowest BCUT2D eigenvalue weighted by Crippen LogP contribution is -2.01. The lowest BCUT2D eigenvalue weighted by molar-refractivity contribution is -0.139. The van der Waals surface area contributed by atoms with Gasteiger partial charge in [-0.05, 0) is 19.4 Å². The second kappa shape index (κ2) is 10.8. The van der Waals surface area contributed by atoms with Crippen LogP contribution in [0.4, 0.5) is 0 Å². The van der Waals surface area contributed by atoms with Crippen molar-refractivity contribution in [1.82, 2.24) is 0 Å². The Morgan fingerprint density at radius 1 is 1.27 bits per heavy atom. The number of ether oxygens (including phenoxy) is 1. The van der Waals surface area contributed by atoms with Crippen LogP contribution in [0, 0.1) is 0 Å². The molecule has 0 aromatic heterocycles. The van der Waals surface area contributed by atoms with Crippen molar-refractivity contribution in [3.05, 3.63) is 36.0 Å². The molecule has 0 radical (unpaired) electrons. The average molecular weight is 210 g/mol. The molecule has 0 aliphatic heterocycles. The number of carbonyl (C=O) groups is 1. The van der Waals surface area contributed by atoms with Gasteiger partial charge in [0.15, 0.2) is 0 Å². The average Bonchev–Trinajstić information content (AvgIpc) is 2.20. The first-order chi connectivity index (χ1) is 7.06. The summed E-state index contributed by atoms with van der Waals surface area (Å²) in [4.78, 5) is 10.5. The largest absolute Gasteiger partial charge is 0.461 e. The van der Waals surface area contributed by atoms with Crippen molar-refractivity contribution < 1.29 is 9.53 Å². The molecular formula is C13H22O2. The molecule has 0 aliphatic carbocycles. The van der Waals surface area contributed by atoms with Crippen molar-refractivity contribution in [2.45, 2.75) is 34.6 Å². The topological polar surface area (TPSA) is 26.3 Å². The summed E-state index contributed by atoms with van der Waals surface area (Å²) >= 11 is 0. The van der Waals surface area contributed by atoms with Gasteiger partial charge in [0.05, 0.1) is 0 Å². The molecule has 2 heteroatoms. The summed E-state index contributed by atoms with van der Waals surface area (Å²) in [6, 6.07) is 0. The molecule has 0 unspecified atom stereocenters. The molecule has 0 saturated heterocycles. The minimum absolute atomic E-state index is 0.261. The van der Waals surface area contributed by atoms with Gasteiger partial charge in [-0.1, -0.05) is 44.2 Å². The van der Waals surface area contributed by atoms with Gasteiger partial charge < -0.3 is 4.74 Å². The van der Waals surface area contributed by atoms with Gasteiger partial charge >= 0.3 is 5.97 Å². The quantitative estimate of drug-likeness (QED) is 0.523. The van der Waals surface area contributed by atoms with E-state index in [1.54, 1.807) is 0 Å². The zero-order valence-electron chi connectivity index (χ0n) is 10.5. The molecule has 0 heterocycles. The molecular weight excluding hydrogens is 188 g/mol. The van der Waals surface area contributed by atoms with E-state index in [1.165, 1.54) is 6.92 Å². The molecule has 0 rings (SSSR count). The Balaban J connectivity index is 0. The van der Waals surface area contributed by atoms with E-state index in [1.807, 2.05) is 45.9 Å². The fraction of sp³-hybridized carbons (Fsp3) is 0.462. The molecule has 2 nitrogen and oxygen atoms in total. The van der Waals surface area contributed by atoms with Crippen molar-refractivity contribution in [3.8, 4) is 0 Å². The Morgan fingerprint density at radius 3 is 2.13 bits per heavy atom. The van der Waals surface area contributed by atoms with Crippen LogP contribution in [0.5, 0.6) is 0 Å². The molecule has 0 amide bonds. The molecule has 0 spiro atoms. The van der Waals surface area contributed by atoms with Crippen molar-refractivity contribution in [2.24, 2.45) is 0 Å². The van der Waals surface area contributed by atoms with Crippen molar-refractivity contribution in [3.63, 3.8) is 0 Å². The molecule has 0 aromatic rings. The Labute approximate surface area is 93.3 Å². The number of carbonyl (C=O) groups excluding carboxylic acids is 1. The minimum Gasteiger partial charge on any atom is -0.461 e. The van der Waals surface area contributed by atoms with Crippen LogP contribution in [-0.4, -0.2) is 12.6 Å². The summed E-state index contributed by atoms with van der Waals surface area (Å²) in [6.07, 6.45) is 5.69. The summed E-state index contributed by atoms with van der Waals surface area (Å²) in [5.74, 6) is -0.261. The van der Waals surface area contributed by atoms with E-state index in [2.05, 4.69) is 6.58 Å². The zero-order chi connectivity index (χ0) is 12.3. The van der Waals surface area contributed by atoms with Crippen LogP contribution in [0.2, 0.25) is 0 Å². The van der Waals surface area contributed by atoms with E-state index in [4.69, 9.17) is 4.74 Å². The Kier molecular flexibility index (Phi) is 11.6. The van der Waals surface area contributed by atoms with Gasteiger partial charge in [-0.3, -0.25) is 4.79 Å². The van der Waals surface area contributed by atoms with Gasteiger partial charge in [-0.2, -0.15) is 0 Å². The standard InChI is InChI=1S/C11H16O2.C2H6/c1-5-11(7-6-9(2)3)8-13-10(4)12;1-2/h5-7H,2,8H2,1,3-4H3;1-2H3/b7-6-,11-5+;. The van der Waals surface area contributed by atoms with Crippen LogP contribution in [0.25, 0.3) is 0 Å². The van der Waals surface area contributed by atoms with Crippen molar-refractivity contribution in [1.29, 1.82) is 0 Å². The normalized spacial score (nSPS) is 10.6. The second-order valence-electron chi connectivity index (χ2n) is 2.82. The molecule has 0 N–H and O–H groups in total. The smallest absolute Gasteiger partial charge is 0.302 e. The third-order valence-electron chi connectivity index (χ3n) is 1.39. The highest BCUT2D eigenvalue weighted by molar-refractivity contribution is 5.66. The fourth-order valence-electron chi connectivity index (χ4n) is 0.662. The zero-order valence-corrected chi connectivity index (χ0v) is 10.5. The highest BCUT2D eigenvalue weighted by Gasteiger charge is 1.94. The first-order valence-electron chi connectivity index (χ1n) is 5.18. The Hall–Kier alpha value is -1.31. The van der Waals surface area contributed by atoms with Gasteiger partial charge in [0.2, 0.25) is 0 Å². The SMILES string of the molecule is C=C(C)/C=C\C(=C/C)COC(C)=O.CC. The van der Waals surface area contributed by atoms with E-state index in [0.717, 1.165) is 11.1 Å². The molecule has 86 valence electrons. The molecule has 0 atom stereocenters. The lowest BCUT2D eigenvalue weighted by Gasteiger charge is -2.01. The summed E-state index contributed by atoms with van der Waals surface area (Å²) in [5.41, 5.74) is 1.94. The maximum atomic E-state index is 10.5. The van der Waals surface area contributed by atoms with Crippen LogP contribution in [0.1, 0.15) is 34.6 Å². The number of rotatable bonds is 4. The number of allylic oxidation sites excluding steroid dienone is 3. The third kappa shape index (κ3) is 12.7. The molecule has 15 heavy (non-hydrogen) atoms. The monoisotopic (exact) mass is 210 g/mol. The molecule has 0 fully saturated rings. The molecule has 0 bridgehead atoms. The van der Waals surface area contributed by atoms with Crippen LogP contribution in [-0.2, 0) is 9.53 Å². The van der Waals surface area contributed by atoms with Gasteiger partial charge in [-0.15, -0.1) is 0 Å². The molecule has 0 aliphatic rings. The van der Waals surface area contributed by atoms with Gasteiger partial charge in [0.25, 0.3) is 0 Å². The van der Waals surface area contributed by atoms with E-state index in [9.17, 15) is 4.79 Å². The maximum absolute atomic E-state index is 10.5. The highest BCUT2D eigenvalue weighted by atomic mass is 16.5. The van der Waals surface area contributed by atoms with Gasteiger partial charge in [-0.25, -0.2) is 0 Å². The van der Waals surface area contributed by atoms with Crippen LogP contribution < -0.4 is 0 Å². The summed E-state index contributed by atoms with van der Waals surface area (Å²) in [6.45, 7) is 13.3. The van der Waals surface area contributed by atoms with Crippen LogP contribution in [0.15, 0.2) is 36.0 Å². The van der Waals surface area contributed by atoms with E-state index < -0.39 is 0 Å². The molecule has 0 aromatic carbocycles. The maximum Gasteiger partial charge on any atom is 0.302 e. The number of hydrogen-bond acceptors (Lipinski definition) is 2. The Bertz CT molecular complexity index is 247.